The topological polar surface area (TPSA) is 47.6 Å². The van der Waals surface area contributed by atoms with Gasteiger partial charge in [0, 0.05) is 5.41 Å². The Morgan fingerprint density at radius 3 is 2.56 bits per heavy atom. The van der Waals surface area contributed by atoms with Crippen LogP contribution < -0.4 is 0 Å². The number of hydrogen-bond donors (Lipinski definition) is 0. The predicted octanol–water partition coefficient (Wildman–Crippen LogP) is 3.11. The van der Waals surface area contributed by atoms with Crippen molar-refractivity contribution in [2.45, 2.75) is 31.6 Å². The van der Waals surface area contributed by atoms with E-state index in [9.17, 15) is 0 Å². The maximum atomic E-state index is 9.09. The summed E-state index contributed by atoms with van der Waals surface area (Å²) in [6, 6.07) is 12.4. The van der Waals surface area contributed by atoms with E-state index in [-0.39, 0.29) is 5.41 Å². The molecule has 0 amide bonds. The molecule has 1 aliphatic carbocycles. The highest BCUT2D eigenvalue weighted by Gasteiger charge is 2.44. The summed E-state index contributed by atoms with van der Waals surface area (Å²) in [4.78, 5) is 0. The average molecular weight is 210 g/mol. The van der Waals surface area contributed by atoms with Crippen LogP contribution in [-0.2, 0) is 5.41 Å². The Balaban J connectivity index is 2.56. The van der Waals surface area contributed by atoms with Crippen LogP contribution in [0, 0.1) is 28.6 Å². The highest BCUT2D eigenvalue weighted by atomic mass is 14.5. The third kappa shape index (κ3) is 1.31. The average Bonchev–Trinajstić information content (AvgIpc) is 2.55. The zero-order chi connectivity index (χ0) is 11.8. The zero-order valence-electron chi connectivity index (χ0n) is 9.57. The molecular weight excluding hydrogens is 196 g/mol. The number of rotatable bonds is 1. The van der Waals surface area contributed by atoms with Gasteiger partial charge in [-0.15, -0.1) is 0 Å². The minimum Gasteiger partial charge on any atom is -0.197 e. The second-order valence-corrected chi connectivity index (χ2v) is 4.80. The van der Waals surface area contributed by atoms with Gasteiger partial charge in [0.1, 0.15) is 5.92 Å². The zero-order valence-corrected chi connectivity index (χ0v) is 9.57. The van der Waals surface area contributed by atoms with Gasteiger partial charge in [0.15, 0.2) is 0 Å². The fourth-order valence-corrected chi connectivity index (χ4v) is 2.89. The third-order valence-corrected chi connectivity index (χ3v) is 3.73. The van der Waals surface area contributed by atoms with Crippen LogP contribution in [-0.4, -0.2) is 0 Å². The molecule has 0 unspecified atom stereocenters. The molecule has 80 valence electrons. The second kappa shape index (κ2) is 3.65. The lowest BCUT2D eigenvalue weighted by atomic mass is 9.73. The highest BCUT2D eigenvalue weighted by Crippen LogP contribution is 2.49. The van der Waals surface area contributed by atoms with Crippen molar-refractivity contribution in [3.8, 4) is 12.1 Å². The van der Waals surface area contributed by atoms with Crippen molar-refractivity contribution in [1.82, 2.24) is 0 Å². The van der Waals surface area contributed by atoms with Crippen molar-refractivity contribution < 1.29 is 0 Å². The molecule has 0 saturated heterocycles. The number of fused-ring (bicyclic) bond motifs is 1. The Kier molecular flexibility index (Phi) is 2.44. The van der Waals surface area contributed by atoms with Gasteiger partial charge in [0.25, 0.3) is 0 Å². The van der Waals surface area contributed by atoms with Crippen molar-refractivity contribution in [2.75, 3.05) is 0 Å². The lowest BCUT2D eigenvalue weighted by Crippen LogP contribution is -2.27. The predicted molar refractivity (Wildman–Crippen MR) is 61.5 cm³/mol. The fraction of sp³-hybridized carbons (Fsp3) is 0.429. The van der Waals surface area contributed by atoms with Crippen LogP contribution in [0.4, 0.5) is 0 Å². The molecule has 1 aromatic carbocycles. The van der Waals surface area contributed by atoms with Crippen LogP contribution >= 0.6 is 0 Å². The Morgan fingerprint density at radius 1 is 1.31 bits per heavy atom. The Labute approximate surface area is 96.1 Å². The van der Waals surface area contributed by atoms with Crippen LogP contribution in [0.25, 0.3) is 0 Å². The van der Waals surface area contributed by atoms with Crippen LogP contribution in [0.5, 0.6) is 0 Å². The molecule has 0 radical (unpaired) electrons. The smallest absolute Gasteiger partial charge is 0.142 e. The summed E-state index contributed by atoms with van der Waals surface area (Å²) in [6.07, 6.45) is 0.887. The molecule has 1 aromatic rings. The van der Waals surface area contributed by atoms with Crippen molar-refractivity contribution in [1.29, 1.82) is 10.5 Å². The van der Waals surface area contributed by atoms with Gasteiger partial charge in [-0.2, -0.15) is 10.5 Å². The lowest BCUT2D eigenvalue weighted by Gasteiger charge is -2.26. The first-order valence-corrected chi connectivity index (χ1v) is 5.52. The molecular formula is C14H14N2. The summed E-state index contributed by atoms with van der Waals surface area (Å²) >= 11 is 0. The summed E-state index contributed by atoms with van der Waals surface area (Å²) in [5.41, 5.74) is 2.16. The highest BCUT2D eigenvalue weighted by molar-refractivity contribution is 5.44. The summed E-state index contributed by atoms with van der Waals surface area (Å²) < 4.78 is 0. The van der Waals surface area contributed by atoms with Gasteiger partial charge < -0.3 is 0 Å². The molecule has 0 fully saturated rings. The van der Waals surface area contributed by atoms with E-state index in [0.29, 0.717) is 5.92 Å². The first kappa shape index (κ1) is 10.7. The quantitative estimate of drug-likeness (QED) is 0.715. The van der Waals surface area contributed by atoms with Crippen molar-refractivity contribution >= 4 is 0 Å². The van der Waals surface area contributed by atoms with Crippen LogP contribution in [0.15, 0.2) is 24.3 Å². The summed E-state index contributed by atoms with van der Waals surface area (Å²) in [5, 5.41) is 18.2. The van der Waals surface area contributed by atoms with Crippen molar-refractivity contribution in [2.24, 2.45) is 5.92 Å². The first-order chi connectivity index (χ1) is 7.63. The lowest BCUT2D eigenvalue weighted by molar-refractivity contribution is 0.394. The number of hydrogen-bond acceptors (Lipinski definition) is 2. The maximum Gasteiger partial charge on any atom is 0.142 e. The molecule has 0 aliphatic heterocycles. The van der Waals surface area contributed by atoms with E-state index in [1.807, 2.05) is 19.1 Å². The van der Waals surface area contributed by atoms with Crippen LogP contribution in [0.3, 0.4) is 0 Å². The molecule has 0 bridgehead atoms. The van der Waals surface area contributed by atoms with Crippen LogP contribution in [0.2, 0.25) is 0 Å². The second-order valence-electron chi connectivity index (χ2n) is 4.80. The Bertz CT molecular complexity index is 478. The normalized spacial score (nSPS) is 27.2. The molecule has 0 heterocycles. The van der Waals surface area contributed by atoms with E-state index in [0.717, 1.165) is 6.42 Å². The van der Waals surface area contributed by atoms with E-state index < -0.39 is 5.92 Å². The SMILES string of the molecule is C[C@H]1C[C@](C)(C(C#N)C#N)c2ccccc21. The molecule has 2 heteroatoms. The standard InChI is InChI=1S/C14H14N2/c1-10-7-14(2,11(8-15)9-16)13-6-4-3-5-12(10)13/h3-6,10-11H,7H2,1-2H3/t10-,14+/m0/s1. The first-order valence-electron chi connectivity index (χ1n) is 5.52. The molecule has 16 heavy (non-hydrogen) atoms. The largest absolute Gasteiger partial charge is 0.197 e. The van der Waals surface area contributed by atoms with E-state index >= 15 is 0 Å². The molecule has 0 saturated carbocycles. The fourth-order valence-electron chi connectivity index (χ4n) is 2.89. The monoisotopic (exact) mass is 210 g/mol. The van der Waals surface area contributed by atoms with Crippen LogP contribution in [0.1, 0.15) is 37.3 Å². The summed E-state index contributed by atoms with van der Waals surface area (Å²) in [5.74, 6) is -0.121. The van der Waals surface area contributed by atoms with E-state index in [1.165, 1.54) is 11.1 Å². The molecule has 2 nitrogen and oxygen atoms in total. The van der Waals surface area contributed by atoms with E-state index in [1.54, 1.807) is 0 Å². The Morgan fingerprint density at radius 2 is 1.94 bits per heavy atom. The third-order valence-electron chi connectivity index (χ3n) is 3.73. The minimum absolute atomic E-state index is 0.306. The minimum atomic E-state index is -0.557. The molecule has 0 spiro atoms. The van der Waals surface area contributed by atoms with Gasteiger partial charge in [0.05, 0.1) is 12.1 Å². The maximum absolute atomic E-state index is 9.09. The molecule has 2 atom stereocenters. The van der Waals surface area contributed by atoms with Gasteiger partial charge in [0.2, 0.25) is 0 Å². The number of nitriles is 2. The Hall–Kier alpha value is -1.80. The van der Waals surface area contributed by atoms with Gasteiger partial charge in [-0.1, -0.05) is 38.1 Å². The van der Waals surface area contributed by atoms with Gasteiger partial charge >= 0.3 is 0 Å². The molecule has 2 rings (SSSR count). The summed E-state index contributed by atoms with van der Waals surface area (Å²) in [6.45, 7) is 4.20. The van der Waals surface area contributed by atoms with E-state index in [2.05, 4.69) is 31.2 Å². The van der Waals surface area contributed by atoms with Gasteiger partial charge in [-0.25, -0.2) is 0 Å². The summed E-state index contributed by atoms with van der Waals surface area (Å²) in [7, 11) is 0. The van der Waals surface area contributed by atoms with E-state index in [4.69, 9.17) is 10.5 Å². The van der Waals surface area contributed by atoms with Gasteiger partial charge in [-0.05, 0) is 23.5 Å². The van der Waals surface area contributed by atoms with Crippen molar-refractivity contribution in [3.05, 3.63) is 35.4 Å². The molecule has 0 N–H and O–H groups in total. The molecule has 1 aliphatic rings. The van der Waals surface area contributed by atoms with Crippen molar-refractivity contribution in [3.63, 3.8) is 0 Å². The molecule has 0 aromatic heterocycles. The number of nitrogens with zero attached hydrogens (tertiary/aromatic N) is 2. The van der Waals surface area contributed by atoms with Gasteiger partial charge in [-0.3, -0.25) is 0 Å². The number of benzene rings is 1.